The van der Waals surface area contributed by atoms with Crippen LogP contribution in [0.3, 0.4) is 0 Å². The van der Waals surface area contributed by atoms with E-state index in [-0.39, 0.29) is 0 Å². The molecule has 1 aromatic carbocycles. The third-order valence-corrected chi connectivity index (χ3v) is 2.73. The number of aryl methyl sites for hydroxylation is 2. The highest BCUT2D eigenvalue weighted by atomic mass is 16.5. The molecule has 0 radical (unpaired) electrons. The Hall–Kier alpha value is -1.02. The number of rotatable bonds is 7. The Morgan fingerprint density at radius 1 is 1.06 bits per heavy atom. The van der Waals surface area contributed by atoms with Gasteiger partial charge in [-0.3, -0.25) is 0 Å². The molecule has 1 rings (SSSR count). The first kappa shape index (κ1) is 14.0. The van der Waals surface area contributed by atoms with Crippen molar-refractivity contribution in [3.63, 3.8) is 0 Å². The summed E-state index contributed by atoms with van der Waals surface area (Å²) in [5.41, 5.74) is 3.83. The molecular formula is C15H25NO. The van der Waals surface area contributed by atoms with E-state index in [9.17, 15) is 0 Å². The molecule has 0 saturated heterocycles. The smallest absolute Gasteiger partial charge is 0.125 e. The third kappa shape index (κ3) is 4.39. The molecule has 0 fully saturated rings. The summed E-state index contributed by atoms with van der Waals surface area (Å²) < 4.78 is 5.78. The molecule has 0 heterocycles. The van der Waals surface area contributed by atoms with Gasteiger partial charge in [0.1, 0.15) is 5.75 Å². The van der Waals surface area contributed by atoms with Gasteiger partial charge in [-0.2, -0.15) is 0 Å². The Bertz CT molecular complexity index is 324. The molecule has 0 aliphatic heterocycles. The van der Waals surface area contributed by atoms with E-state index in [4.69, 9.17) is 4.74 Å². The molecule has 0 spiro atoms. The monoisotopic (exact) mass is 235 g/mol. The van der Waals surface area contributed by atoms with Crippen molar-refractivity contribution in [2.75, 3.05) is 13.2 Å². The lowest BCUT2D eigenvalue weighted by atomic mass is 10.1. The zero-order valence-electron chi connectivity index (χ0n) is 11.6. The van der Waals surface area contributed by atoms with Gasteiger partial charge in [0.15, 0.2) is 0 Å². The van der Waals surface area contributed by atoms with Crippen LogP contribution in [0.4, 0.5) is 0 Å². The standard InChI is InChI=1S/C15H25NO/c1-5-7-16-11-14-9-12(3)15(13(4)10-14)17-8-6-2/h9-10,16H,5-8,11H2,1-4H3. The second-order valence-electron chi connectivity index (χ2n) is 4.58. The van der Waals surface area contributed by atoms with E-state index in [0.717, 1.165) is 31.9 Å². The molecule has 0 unspecified atom stereocenters. The molecule has 0 bridgehead atoms. The normalized spacial score (nSPS) is 10.6. The molecule has 96 valence electrons. The van der Waals surface area contributed by atoms with Crippen LogP contribution in [0.1, 0.15) is 43.4 Å². The van der Waals surface area contributed by atoms with E-state index >= 15 is 0 Å². The van der Waals surface area contributed by atoms with Crippen molar-refractivity contribution in [1.82, 2.24) is 5.32 Å². The first-order valence-electron chi connectivity index (χ1n) is 6.62. The predicted octanol–water partition coefficient (Wildman–Crippen LogP) is 3.59. The van der Waals surface area contributed by atoms with Crippen LogP contribution in [-0.2, 0) is 6.54 Å². The average Bonchev–Trinajstić information content (AvgIpc) is 2.28. The Balaban J connectivity index is 2.71. The highest BCUT2D eigenvalue weighted by Gasteiger charge is 2.05. The van der Waals surface area contributed by atoms with Crippen LogP contribution in [0.15, 0.2) is 12.1 Å². The Morgan fingerprint density at radius 2 is 1.71 bits per heavy atom. The van der Waals surface area contributed by atoms with Gasteiger partial charge in [0.25, 0.3) is 0 Å². The predicted molar refractivity (Wildman–Crippen MR) is 73.7 cm³/mol. The molecule has 0 aliphatic rings. The molecule has 1 aromatic rings. The lowest BCUT2D eigenvalue weighted by Gasteiger charge is -2.14. The molecule has 1 N–H and O–H groups in total. The van der Waals surface area contributed by atoms with Crippen LogP contribution in [0.2, 0.25) is 0 Å². The summed E-state index contributed by atoms with van der Waals surface area (Å²) >= 11 is 0. The highest BCUT2D eigenvalue weighted by Crippen LogP contribution is 2.24. The highest BCUT2D eigenvalue weighted by molar-refractivity contribution is 5.43. The summed E-state index contributed by atoms with van der Waals surface area (Å²) in [5, 5.41) is 3.43. The molecule has 2 heteroatoms. The maximum Gasteiger partial charge on any atom is 0.125 e. The number of hydrogen-bond acceptors (Lipinski definition) is 2. The summed E-state index contributed by atoms with van der Waals surface area (Å²) in [7, 11) is 0. The molecule has 0 atom stereocenters. The largest absolute Gasteiger partial charge is 0.493 e. The van der Waals surface area contributed by atoms with Gasteiger partial charge in [0, 0.05) is 6.54 Å². The van der Waals surface area contributed by atoms with Gasteiger partial charge in [0.05, 0.1) is 6.61 Å². The van der Waals surface area contributed by atoms with Crippen LogP contribution in [0.5, 0.6) is 5.75 Å². The number of ether oxygens (including phenoxy) is 1. The first-order chi connectivity index (χ1) is 8.19. The summed E-state index contributed by atoms with van der Waals surface area (Å²) in [6, 6.07) is 4.45. The van der Waals surface area contributed by atoms with Crippen molar-refractivity contribution in [3.05, 3.63) is 28.8 Å². The van der Waals surface area contributed by atoms with E-state index < -0.39 is 0 Å². The second kappa shape index (κ2) is 7.33. The fourth-order valence-electron chi connectivity index (χ4n) is 1.98. The van der Waals surface area contributed by atoms with Gasteiger partial charge >= 0.3 is 0 Å². The quantitative estimate of drug-likeness (QED) is 0.729. The number of benzene rings is 1. The minimum Gasteiger partial charge on any atom is -0.493 e. The SMILES string of the molecule is CCCNCc1cc(C)c(OCCC)c(C)c1. The lowest BCUT2D eigenvalue weighted by molar-refractivity contribution is 0.313. The van der Waals surface area contributed by atoms with Gasteiger partial charge in [-0.25, -0.2) is 0 Å². The fourth-order valence-corrected chi connectivity index (χ4v) is 1.98. The van der Waals surface area contributed by atoms with Gasteiger partial charge < -0.3 is 10.1 Å². The Morgan fingerprint density at radius 3 is 2.24 bits per heavy atom. The molecule has 2 nitrogen and oxygen atoms in total. The van der Waals surface area contributed by atoms with E-state index in [1.165, 1.54) is 23.1 Å². The van der Waals surface area contributed by atoms with Crippen molar-refractivity contribution in [2.45, 2.75) is 47.1 Å². The first-order valence-corrected chi connectivity index (χ1v) is 6.62. The van der Waals surface area contributed by atoms with Crippen molar-refractivity contribution in [3.8, 4) is 5.75 Å². The minimum atomic E-state index is 0.801. The van der Waals surface area contributed by atoms with Crippen molar-refractivity contribution in [1.29, 1.82) is 0 Å². The molecule has 0 aromatic heterocycles. The second-order valence-corrected chi connectivity index (χ2v) is 4.58. The average molecular weight is 235 g/mol. The van der Waals surface area contributed by atoms with Crippen molar-refractivity contribution in [2.24, 2.45) is 0 Å². The molecule has 0 amide bonds. The van der Waals surface area contributed by atoms with Gasteiger partial charge in [-0.05, 0) is 49.9 Å². The van der Waals surface area contributed by atoms with Crippen molar-refractivity contribution < 1.29 is 4.74 Å². The van der Waals surface area contributed by atoms with Gasteiger partial charge in [0.2, 0.25) is 0 Å². The molecular weight excluding hydrogens is 210 g/mol. The summed E-state index contributed by atoms with van der Waals surface area (Å²) in [4.78, 5) is 0. The fraction of sp³-hybridized carbons (Fsp3) is 0.600. The molecule has 0 saturated carbocycles. The van der Waals surface area contributed by atoms with Crippen LogP contribution >= 0.6 is 0 Å². The van der Waals surface area contributed by atoms with Crippen molar-refractivity contribution >= 4 is 0 Å². The molecule has 17 heavy (non-hydrogen) atoms. The van der Waals surface area contributed by atoms with Crippen LogP contribution in [0.25, 0.3) is 0 Å². The van der Waals surface area contributed by atoms with E-state index in [1.54, 1.807) is 0 Å². The number of nitrogens with one attached hydrogen (secondary N) is 1. The maximum atomic E-state index is 5.78. The van der Waals surface area contributed by atoms with E-state index in [2.05, 4.69) is 45.1 Å². The summed E-state index contributed by atoms with van der Waals surface area (Å²) in [6.07, 6.45) is 2.23. The minimum absolute atomic E-state index is 0.801. The summed E-state index contributed by atoms with van der Waals surface area (Å²) in [5.74, 6) is 1.06. The lowest BCUT2D eigenvalue weighted by Crippen LogP contribution is -2.14. The Labute approximate surface area is 105 Å². The Kier molecular flexibility index (Phi) is 6.06. The maximum absolute atomic E-state index is 5.78. The molecule has 0 aliphatic carbocycles. The zero-order chi connectivity index (χ0) is 12.7. The zero-order valence-corrected chi connectivity index (χ0v) is 11.6. The third-order valence-electron chi connectivity index (χ3n) is 2.73. The van der Waals surface area contributed by atoms with Gasteiger partial charge in [-0.15, -0.1) is 0 Å². The summed E-state index contributed by atoms with van der Waals surface area (Å²) in [6.45, 7) is 11.4. The van der Waals surface area contributed by atoms with Crippen LogP contribution in [-0.4, -0.2) is 13.2 Å². The topological polar surface area (TPSA) is 21.3 Å². The van der Waals surface area contributed by atoms with E-state index in [0.29, 0.717) is 0 Å². The van der Waals surface area contributed by atoms with E-state index in [1.807, 2.05) is 0 Å². The number of hydrogen-bond donors (Lipinski definition) is 1. The van der Waals surface area contributed by atoms with Crippen LogP contribution < -0.4 is 10.1 Å². The van der Waals surface area contributed by atoms with Crippen LogP contribution in [0, 0.1) is 13.8 Å². The van der Waals surface area contributed by atoms with Gasteiger partial charge in [-0.1, -0.05) is 26.0 Å².